The number of hydrogen-bond donors (Lipinski definition) is 1. The van der Waals surface area contributed by atoms with Gasteiger partial charge in [0.25, 0.3) is 5.91 Å². The molecule has 2 aliphatic rings. The van der Waals surface area contributed by atoms with Crippen LogP contribution in [0.3, 0.4) is 0 Å². The molecule has 0 atom stereocenters. The third-order valence-electron chi connectivity index (χ3n) is 4.79. The molecular formula is C18H19N3O3. The molecule has 0 radical (unpaired) electrons. The van der Waals surface area contributed by atoms with Crippen LogP contribution in [-0.4, -0.2) is 41.0 Å². The van der Waals surface area contributed by atoms with E-state index in [1.807, 2.05) is 35.2 Å². The van der Waals surface area contributed by atoms with E-state index in [4.69, 9.17) is 4.52 Å². The summed E-state index contributed by atoms with van der Waals surface area (Å²) in [6, 6.07) is 11.2. The number of hydrogen-bond acceptors (Lipinski definition) is 4. The summed E-state index contributed by atoms with van der Waals surface area (Å²) >= 11 is 0. The lowest BCUT2D eigenvalue weighted by atomic mass is 9.78. The molecule has 2 heterocycles. The fourth-order valence-electron chi connectivity index (χ4n) is 3.11. The van der Waals surface area contributed by atoms with Crippen LogP contribution in [0.2, 0.25) is 0 Å². The molecule has 1 aromatic heterocycles. The Bertz CT molecular complexity index is 746. The van der Waals surface area contributed by atoms with Gasteiger partial charge < -0.3 is 14.7 Å². The topological polar surface area (TPSA) is 75.4 Å². The highest BCUT2D eigenvalue weighted by atomic mass is 16.5. The van der Waals surface area contributed by atoms with E-state index in [9.17, 15) is 9.59 Å². The van der Waals surface area contributed by atoms with Crippen molar-refractivity contribution in [3.05, 3.63) is 42.1 Å². The summed E-state index contributed by atoms with van der Waals surface area (Å²) in [5.74, 6) is 0.619. The third kappa shape index (κ3) is 2.79. The third-order valence-corrected chi connectivity index (χ3v) is 4.79. The maximum atomic E-state index is 12.2. The lowest BCUT2D eigenvalue weighted by Crippen LogP contribution is -2.53. The lowest BCUT2D eigenvalue weighted by molar-refractivity contribution is -0.142. The molecule has 1 saturated heterocycles. The van der Waals surface area contributed by atoms with Crippen molar-refractivity contribution in [3.8, 4) is 11.3 Å². The molecule has 1 saturated carbocycles. The Morgan fingerprint density at radius 3 is 2.58 bits per heavy atom. The van der Waals surface area contributed by atoms with Gasteiger partial charge in [-0.1, -0.05) is 35.5 Å². The lowest BCUT2D eigenvalue weighted by Gasteiger charge is -2.40. The molecule has 0 bridgehead atoms. The van der Waals surface area contributed by atoms with E-state index in [-0.39, 0.29) is 29.5 Å². The molecule has 2 fully saturated rings. The van der Waals surface area contributed by atoms with Crippen LogP contribution in [-0.2, 0) is 4.79 Å². The summed E-state index contributed by atoms with van der Waals surface area (Å²) in [5, 5.41) is 6.77. The van der Waals surface area contributed by atoms with E-state index < -0.39 is 0 Å². The van der Waals surface area contributed by atoms with Crippen LogP contribution in [0.4, 0.5) is 0 Å². The molecule has 1 aromatic carbocycles. The zero-order valence-corrected chi connectivity index (χ0v) is 13.3. The molecule has 2 aromatic rings. The summed E-state index contributed by atoms with van der Waals surface area (Å²) in [7, 11) is 0. The number of rotatable bonds is 4. The number of nitrogens with one attached hydrogen (secondary N) is 1. The van der Waals surface area contributed by atoms with Gasteiger partial charge in [0.15, 0.2) is 11.5 Å². The number of benzene rings is 1. The van der Waals surface area contributed by atoms with Crippen molar-refractivity contribution in [2.75, 3.05) is 13.1 Å². The summed E-state index contributed by atoms with van der Waals surface area (Å²) in [6.07, 6.45) is 2.53. The SMILES string of the molecule is O=C(N[C@H]1C[C@H](C(=O)N2CCC2)C1)c1cc(-c2ccccc2)on1. The van der Waals surface area contributed by atoms with Crippen molar-refractivity contribution in [1.82, 2.24) is 15.4 Å². The minimum Gasteiger partial charge on any atom is -0.355 e. The van der Waals surface area contributed by atoms with Crippen molar-refractivity contribution in [2.45, 2.75) is 25.3 Å². The maximum absolute atomic E-state index is 12.2. The molecule has 2 amide bonds. The smallest absolute Gasteiger partial charge is 0.273 e. The molecule has 0 spiro atoms. The van der Waals surface area contributed by atoms with E-state index in [1.54, 1.807) is 6.07 Å². The van der Waals surface area contributed by atoms with Gasteiger partial charge in [-0.2, -0.15) is 0 Å². The Morgan fingerprint density at radius 2 is 1.92 bits per heavy atom. The summed E-state index contributed by atoms with van der Waals surface area (Å²) in [4.78, 5) is 26.2. The van der Waals surface area contributed by atoms with Crippen molar-refractivity contribution in [1.29, 1.82) is 0 Å². The first-order valence-electron chi connectivity index (χ1n) is 8.32. The molecule has 24 heavy (non-hydrogen) atoms. The number of likely N-dealkylation sites (tertiary alicyclic amines) is 1. The Morgan fingerprint density at radius 1 is 1.17 bits per heavy atom. The largest absolute Gasteiger partial charge is 0.355 e. The van der Waals surface area contributed by atoms with Gasteiger partial charge in [0.2, 0.25) is 5.91 Å². The average Bonchev–Trinajstić information content (AvgIpc) is 2.99. The zero-order chi connectivity index (χ0) is 16.5. The minimum atomic E-state index is -0.249. The zero-order valence-electron chi connectivity index (χ0n) is 13.3. The number of aromatic nitrogens is 1. The van der Waals surface area contributed by atoms with Gasteiger partial charge in [0.05, 0.1) is 0 Å². The quantitative estimate of drug-likeness (QED) is 0.934. The van der Waals surface area contributed by atoms with Gasteiger partial charge in [-0.15, -0.1) is 0 Å². The van der Waals surface area contributed by atoms with Crippen molar-refractivity contribution < 1.29 is 14.1 Å². The van der Waals surface area contributed by atoms with Gasteiger partial charge in [-0.3, -0.25) is 9.59 Å². The van der Waals surface area contributed by atoms with E-state index in [0.29, 0.717) is 18.6 Å². The molecule has 6 heteroatoms. The van der Waals surface area contributed by atoms with E-state index in [2.05, 4.69) is 10.5 Å². The number of carbonyl (C=O) groups excluding carboxylic acids is 2. The van der Waals surface area contributed by atoms with Crippen LogP contribution in [0.5, 0.6) is 0 Å². The van der Waals surface area contributed by atoms with Crippen molar-refractivity contribution in [2.24, 2.45) is 5.92 Å². The van der Waals surface area contributed by atoms with Crippen LogP contribution >= 0.6 is 0 Å². The molecule has 6 nitrogen and oxygen atoms in total. The first-order valence-corrected chi connectivity index (χ1v) is 8.32. The highest BCUT2D eigenvalue weighted by Crippen LogP contribution is 2.31. The maximum Gasteiger partial charge on any atom is 0.273 e. The van der Waals surface area contributed by atoms with E-state index in [0.717, 1.165) is 25.1 Å². The van der Waals surface area contributed by atoms with Gasteiger partial charge in [-0.25, -0.2) is 0 Å². The fourth-order valence-corrected chi connectivity index (χ4v) is 3.11. The Balaban J connectivity index is 1.31. The molecule has 1 aliphatic carbocycles. The molecule has 0 unspecified atom stereocenters. The fraction of sp³-hybridized carbons (Fsp3) is 0.389. The van der Waals surface area contributed by atoms with Gasteiger partial charge in [-0.05, 0) is 19.3 Å². The van der Waals surface area contributed by atoms with Crippen molar-refractivity contribution in [3.63, 3.8) is 0 Å². The monoisotopic (exact) mass is 325 g/mol. The van der Waals surface area contributed by atoms with Crippen molar-refractivity contribution >= 4 is 11.8 Å². The van der Waals surface area contributed by atoms with Gasteiger partial charge >= 0.3 is 0 Å². The molecule has 124 valence electrons. The Kier molecular flexibility index (Phi) is 3.80. The van der Waals surface area contributed by atoms with Crippen LogP contribution in [0.1, 0.15) is 29.8 Å². The second-order valence-electron chi connectivity index (χ2n) is 6.46. The molecule has 1 N–H and O–H groups in total. The highest BCUT2D eigenvalue weighted by Gasteiger charge is 2.39. The van der Waals surface area contributed by atoms with E-state index >= 15 is 0 Å². The highest BCUT2D eigenvalue weighted by molar-refractivity contribution is 5.93. The average molecular weight is 325 g/mol. The first-order chi connectivity index (χ1) is 11.7. The Labute approximate surface area is 139 Å². The number of carbonyl (C=O) groups is 2. The Hall–Kier alpha value is -2.63. The standard InChI is InChI=1S/C18H19N3O3/c22-17(15-11-16(24-20-15)12-5-2-1-3-6-12)19-14-9-13(10-14)18(23)21-7-4-8-21/h1-3,5-6,11,13-14H,4,7-10H2,(H,19,22)/t13-,14-. The number of amides is 2. The number of nitrogens with zero attached hydrogens (tertiary/aromatic N) is 2. The predicted octanol–water partition coefficient (Wildman–Crippen LogP) is 2.08. The molecular weight excluding hydrogens is 306 g/mol. The summed E-state index contributed by atoms with van der Waals surface area (Å²) in [6.45, 7) is 1.77. The first kappa shape index (κ1) is 14.9. The van der Waals surface area contributed by atoms with E-state index in [1.165, 1.54) is 0 Å². The van der Waals surface area contributed by atoms with Crippen LogP contribution in [0.25, 0.3) is 11.3 Å². The van der Waals surface area contributed by atoms with Crippen LogP contribution < -0.4 is 5.32 Å². The second-order valence-corrected chi connectivity index (χ2v) is 6.46. The van der Waals surface area contributed by atoms with Crippen LogP contribution in [0.15, 0.2) is 40.9 Å². The summed E-state index contributed by atoms with van der Waals surface area (Å²) < 4.78 is 5.25. The van der Waals surface area contributed by atoms with Gasteiger partial charge in [0, 0.05) is 36.7 Å². The van der Waals surface area contributed by atoms with Gasteiger partial charge in [0.1, 0.15) is 0 Å². The second kappa shape index (κ2) is 6.11. The normalized spacial score (nSPS) is 22.4. The predicted molar refractivity (Wildman–Crippen MR) is 87.1 cm³/mol. The summed E-state index contributed by atoms with van der Waals surface area (Å²) in [5.41, 5.74) is 1.15. The molecule has 1 aliphatic heterocycles. The van der Waals surface area contributed by atoms with Crippen LogP contribution in [0, 0.1) is 5.92 Å². The minimum absolute atomic E-state index is 0.0459. The molecule has 4 rings (SSSR count).